The van der Waals surface area contributed by atoms with Crippen molar-refractivity contribution in [2.45, 2.75) is 25.8 Å². The zero-order valence-electron chi connectivity index (χ0n) is 15.5. The van der Waals surface area contributed by atoms with E-state index < -0.39 is 17.8 Å². The topological polar surface area (TPSA) is 70.2 Å². The van der Waals surface area contributed by atoms with Crippen LogP contribution >= 0.6 is 11.3 Å². The van der Waals surface area contributed by atoms with Gasteiger partial charge in [-0.3, -0.25) is 14.5 Å². The van der Waals surface area contributed by atoms with Gasteiger partial charge in [-0.1, -0.05) is 18.2 Å². The summed E-state index contributed by atoms with van der Waals surface area (Å²) in [5.41, 5.74) is 0.298. The van der Waals surface area contributed by atoms with Gasteiger partial charge in [0.15, 0.2) is 0 Å². The third-order valence-corrected chi connectivity index (χ3v) is 5.99. The van der Waals surface area contributed by atoms with Gasteiger partial charge in [-0.15, -0.1) is 11.3 Å². The van der Waals surface area contributed by atoms with Gasteiger partial charge in [0.1, 0.15) is 5.75 Å². The van der Waals surface area contributed by atoms with Gasteiger partial charge in [0.2, 0.25) is 0 Å². The Kier molecular flexibility index (Phi) is 5.15. The predicted octanol–water partition coefficient (Wildman–Crippen LogP) is 3.24. The fraction of sp³-hybridized carbons (Fsp3) is 0.350. The summed E-state index contributed by atoms with van der Waals surface area (Å²) in [6.45, 7) is 3.10. The lowest BCUT2D eigenvalue weighted by molar-refractivity contribution is -0.140. The number of anilines is 1. The molecule has 0 aliphatic carbocycles. The summed E-state index contributed by atoms with van der Waals surface area (Å²) in [6.07, 6.45) is 1.96. The minimum absolute atomic E-state index is 0.110. The van der Waals surface area contributed by atoms with E-state index in [4.69, 9.17) is 4.74 Å². The molecule has 1 unspecified atom stereocenters. The molecular formula is C20H21N3O4S. The minimum Gasteiger partial charge on any atom is -0.492 e. The van der Waals surface area contributed by atoms with E-state index in [9.17, 15) is 14.4 Å². The van der Waals surface area contributed by atoms with Gasteiger partial charge >= 0.3 is 17.8 Å². The molecule has 146 valence electrons. The van der Waals surface area contributed by atoms with Crippen molar-refractivity contribution in [1.82, 2.24) is 9.80 Å². The molecule has 2 aromatic rings. The van der Waals surface area contributed by atoms with Gasteiger partial charge in [-0.25, -0.2) is 14.6 Å². The molecule has 2 fully saturated rings. The number of hydrogen-bond acceptors (Lipinski definition) is 6. The lowest BCUT2D eigenvalue weighted by Gasteiger charge is -2.27. The van der Waals surface area contributed by atoms with E-state index in [1.165, 1.54) is 4.88 Å². The van der Waals surface area contributed by atoms with Gasteiger partial charge < -0.3 is 4.74 Å². The maximum absolute atomic E-state index is 13.0. The molecule has 4 rings (SSSR count). The van der Waals surface area contributed by atoms with Gasteiger partial charge in [-0.2, -0.15) is 0 Å². The first-order valence-corrected chi connectivity index (χ1v) is 10.2. The van der Waals surface area contributed by atoms with Crippen molar-refractivity contribution >= 4 is 34.9 Å². The van der Waals surface area contributed by atoms with Gasteiger partial charge in [-0.05, 0) is 43.3 Å². The molecule has 8 heteroatoms. The van der Waals surface area contributed by atoms with Gasteiger partial charge in [0.05, 0.1) is 19.0 Å². The monoisotopic (exact) mass is 399 g/mol. The number of thiophene rings is 1. The van der Waals surface area contributed by atoms with Crippen LogP contribution in [0.1, 0.15) is 30.7 Å². The second-order valence-corrected chi connectivity index (χ2v) is 7.66. The van der Waals surface area contributed by atoms with Crippen molar-refractivity contribution < 1.29 is 19.1 Å². The Balaban J connectivity index is 1.58. The summed E-state index contributed by atoms with van der Waals surface area (Å²) >= 11 is 1.66. The quantitative estimate of drug-likeness (QED) is 0.551. The van der Waals surface area contributed by atoms with Crippen LogP contribution < -0.4 is 9.64 Å². The van der Waals surface area contributed by atoms with Crippen molar-refractivity contribution in [3.05, 3.63) is 46.7 Å². The zero-order valence-corrected chi connectivity index (χ0v) is 16.4. The molecule has 0 N–H and O–H groups in total. The molecule has 1 aromatic heterocycles. The summed E-state index contributed by atoms with van der Waals surface area (Å²) in [4.78, 5) is 43.5. The Hall–Kier alpha value is -2.71. The highest BCUT2D eigenvalue weighted by Gasteiger charge is 2.47. The van der Waals surface area contributed by atoms with E-state index >= 15 is 0 Å². The second-order valence-electron chi connectivity index (χ2n) is 6.68. The molecule has 7 nitrogen and oxygen atoms in total. The van der Waals surface area contributed by atoms with Crippen LogP contribution in [0.2, 0.25) is 0 Å². The zero-order chi connectivity index (χ0) is 19.7. The molecule has 0 spiro atoms. The summed E-state index contributed by atoms with van der Waals surface area (Å²) in [5.74, 6) is -1.24. The SMILES string of the molecule is CCOc1ccccc1N1C(=O)C(=O)N(CN2CCCC2c2cccs2)C1=O. The van der Waals surface area contributed by atoms with Crippen molar-refractivity contribution in [2.24, 2.45) is 0 Å². The number of urea groups is 1. The highest BCUT2D eigenvalue weighted by atomic mass is 32.1. The number of likely N-dealkylation sites (tertiary alicyclic amines) is 1. The molecule has 2 aliphatic rings. The lowest BCUT2D eigenvalue weighted by Crippen LogP contribution is -2.42. The Bertz CT molecular complexity index is 899. The number of nitrogens with zero attached hydrogens (tertiary/aromatic N) is 3. The van der Waals surface area contributed by atoms with E-state index in [1.807, 2.05) is 18.4 Å². The van der Waals surface area contributed by atoms with E-state index in [2.05, 4.69) is 11.0 Å². The third-order valence-electron chi connectivity index (χ3n) is 5.02. The number of amides is 4. The van der Waals surface area contributed by atoms with Crippen LogP contribution in [-0.4, -0.2) is 47.5 Å². The smallest absolute Gasteiger partial charge is 0.340 e. The summed E-state index contributed by atoms with van der Waals surface area (Å²) in [5, 5.41) is 2.02. The number of imide groups is 2. The third kappa shape index (κ3) is 3.18. The largest absolute Gasteiger partial charge is 0.492 e. The van der Waals surface area contributed by atoms with Crippen LogP contribution in [-0.2, 0) is 9.59 Å². The van der Waals surface area contributed by atoms with E-state index in [-0.39, 0.29) is 12.7 Å². The first kappa shape index (κ1) is 18.6. The van der Waals surface area contributed by atoms with Crippen molar-refractivity contribution in [3.63, 3.8) is 0 Å². The molecule has 3 heterocycles. The number of rotatable bonds is 6. The van der Waals surface area contributed by atoms with Crippen LogP contribution in [0.3, 0.4) is 0 Å². The Labute approximate surface area is 167 Å². The Morgan fingerprint density at radius 2 is 1.93 bits per heavy atom. The minimum atomic E-state index is -0.843. The number of carbonyl (C=O) groups is 3. The normalized spacial score (nSPS) is 20.5. The van der Waals surface area contributed by atoms with Crippen molar-refractivity contribution in [3.8, 4) is 5.75 Å². The summed E-state index contributed by atoms with van der Waals surface area (Å²) in [7, 11) is 0. The lowest BCUT2D eigenvalue weighted by atomic mass is 10.2. The van der Waals surface area contributed by atoms with Crippen LogP contribution in [0.25, 0.3) is 0 Å². The number of benzene rings is 1. The fourth-order valence-corrected chi connectivity index (χ4v) is 4.64. The van der Waals surface area contributed by atoms with E-state index in [0.29, 0.717) is 18.0 Å². The summed E-state index contributed by atoms with van der Waals surface area (Å²) in [6, 6.07) is 10.4. The molecule has 1 aromatic carbocycles. The van der Waals surface area contributed by atoms with Crippen LogP contribution in [0.4, 0.5) is 10.5 Å². The molecule has 1 atom stereocenters. The van der Waals surface area contributed by atoms with E-state index in [1.54, 1.807) is 35.6 Å². The molecule has 0 radical (unpaired) electrons. The van der Waals surface area contributed by atoms with Crippen LogP contribution in [0.5, 0.6) is 5.75 Å². The standard InChI is InChI=1S/C20H21N3O4S/c1-2-27-16-9-4-3-7-14(16)23-19(25)18(24)22(20(23)26)13-21-11-5-8-15(21)17-10-6-12-28-17/h3-4,6-7,9-10,12,15H,2,5,8,11,13H2,1H3. The predicted molar refractivity (Wildman–Crippen MR) is 105 cm³/mol. The Morgan fingerprint density at radius 3 is 2.68 bits per heavy atom. The molecule has 28 heavy (non-hydrogen) atoms. The second kappa shape index (κ2) is 7.73. The number of hydrogen-bond donors (Lipinski definition) is 0. The Morgan fingerprint density at radius 1 is 1.11 bits per heavy atom. The first-order chi connectivity index (χ1) is 13.6. The first-order valence-electron chi connectivity index (χ1n) is 9.31. The number of carbonyl (C=O) groups excluding carboxylic acids is 3. The maximum Gasteiger partial charge on any atom is 0.340 e. The summed E-state index contributed by atoms with van der Waals surface area (Å²) < 4.78 is 5.53. The van der Waals surface area contributed by atoms with E-state index in [0.717, 1.165) is 29.2 Å². The van der Waals surface area contributed by atoms with Gasteiger partial charge in [0.25, 0.3) is 0 Å². The number of ether oxygens (including phenoxy) is 1. The van der Waals surface area contributed by atoms with Crippen molar-refractivity contribution in [1.29, 1.82) is 0 Å². The molecule has 2 aliphatic heterocycles. The van der Waals surface area contributed by atoms with Gasteiger partial charge in [0, 0.05) is 17.5 Å². The molecular weight excluding hydrogens is 378 g/mol. The fourth-order valence-electron chi connectivity index (χ4n) is 3.74. The maximum atomic E-state index is 13.0. The molecule has 4 amide bonds. The van der Waals surface area contributed by atoms with Crippen LogP contribution in [0, 0.1) is 0 Å². The van der Waals surface area contributed by atoms with Crippen LogP contribution in [0.15, 0.2) is 41.8 Å². The number of para-hydroxylation sites is 2. The molecule has 2 saturated heterocycles. The average Bonchev–Trinajstić information content (AvgIpc) is 3.41. The van der Waals surface area contributed by atoms with Crippen molar-refractivity contribution in [2.75, 3.05) is 24.7 Å². The highest BCUT2D eigenvalue weighted by Crippen LogP contribution is 2.36. The molecule has 0 bridgehead atoms. The highest BCUT2D eigenvalue weighted by molar-refractivity contribution is 7.10. The average molecular weight is 399 g/mol. The molecule has 0 saturated carbocycles.